The highest BCUT2D eigenvalue weighted by atomic mass is 32.2. The van der Waals surface area contributed by atoms with E-state index in [0.717, 1.165) is 27.6 Å². The van der Waals surface area contributed by atoms with E-state index in [1.807, 2.05) is 0 Å². The monoisotopic (exact) mass is 422 g/mol. The lowest BCUT2D eigenvalue weighted by Crippen LogP contribution is -2.49. The van der Waals surface area contributed by atoms with Gasteiger partial charge in [-0.15, -0.1) is 11.8 Å². The second kappa shape index (κ2) is 5.72. The van der Waals surface area contributed by atoms with Crippen molar-refractivity contribution in [1.82, 2.24) is 9.88 Å². The molecule has 3 fully saturated rings. The highest BCUT2D eigenvalue weighted by Crippen LogP contribution is 2.69. The first-order chi connectivity index (χ1) is 13.2. The van der Waals surface area contributed by atoms with Gasteiger partial charge in [-0.2, -0.15) is 0 Å². The van der Waals surface area contributed by atoms with Crippen molar-refractivity contribution in [3.63, 3.8) is 0 Å². The number of hydrogen-bond acceptors (Lipinski definition) is 6. The molecule has 4 aliphatic rings. The lowest BCUT2D eigenvalue weighted by Gasteiger charge is -2.48. The SMILES string of the molecule is CCC1(C)c2sc(=O)[nH]c2SC2C3CC(C4C(=O)N(C(C)C(=O)O)C(=O)C34)C21. The molecule has 1 aromatic rings. The lowest BCUT2D eigenvalue weighted by atomic mass is 9.62. The standard InChI is InChI=1S/C19H22N2O5S2/c1-4-19(3)11-7-5-8(12(11)27-14-13(19)28-18(26)20-14)10-9(7)15(22)21(16(10)23)6(2)17(24)25/h6-12H,4-5H2,1-3H3,(H,20,26)(H,24,25). The van der Waals surface area contributed by atoms with Gasteiger partial charge >= 0.3 is 10.8 Å². The number of fused-ring (bicyclic) bond motifs is 9. The highest BCUT2D eigenvalue weighted by Gasteiger charge is 2.71. The number of aliphatic carboxylic acids is 1. The summed E-state index contributed by atoms with van der Waals surface area (Å²) in [6.45, 7) is 5.70. The minimum atomic E-state index is -1.15. The zero-order chi connectivity index (χ0) is 20.1. The Labute approximate surface area is 169 Å². The van der Waals surface area contributed by atoms with Crippen LogP contribution in [-0.4, -0.2) is 44.1 Å². The third kappa shape index (κ3) is 2.01. The molecule has 0 aromatic carbocycles. The van der Waals surface area contributed by atoms with Crippen LogP contribution in [0.1, 0.15) is 38.5 Å². The molecular formula is C19H22N2O5S2. The smallest absolute Gasteiger partial charge is 0.326 e. The first-order valence-electron chi connectivity index (χ1n) is 9.70. The minimum Gasteiger partial charge on any atom is -0.480 e. The van der Waals surface area contributed by atoms with Crippen LogP contribution in [0.3, 0.4) is 0 Å². The topological polar surface area (TPSA) is 108 Å². The second-order valence-corrected chi connectivity index (χ2v) is 10.9. The maximum atomic E-state index is 13.1. The quantitative estimate of drug-likeness (QED) is 0.721. The average Bonchev–Trinajstić information content (AvgIpc) is 3.36. The van der Waals surface area contributed by atoms with Gasteiger partial charge in [0, 0.05) is 15.5 Å². The van der Waals surface area contributed by atoms with Gasteiger partial charge in [0.15, 0.2) is 0 Å². The Morgan fingerprint density at radius 3 is 2.54 bits per heavy atom. The Bertz CT molecular complexity index is 970. The average molecular weight is 423 g/mol. The number of carboxylic acids is 1. The van der Waals surface area contributed by atoms with Gasteiger partial charge in [-0.05, 0) is 37.5 Å². The number of carbonyl (C=O) groups is 3. The Kier molecular flexibility index (Phi) is 3.76. The van der Waals surface area contributed by atoms with Crippen LogP contribution in [0.15, 0.2) is 9.82 Å². The van der Waals surface area contributed by atoms with Crippen LogP contribution in [0.4, 0.5) is 0 Å². The van der Waals surface area contributed by atoms with Crippen molar-refractivity contribution < 1.29 is 19.5 Å². The van der Waals surface area contributed by atoms with E-state index < -0.39 is 23.8 Å². The summed E-state index contributed by atoms with van der Waals surface area (Å²) in [6, 6.07) is -1.13. The number of thiazole rings is 1. The molecule has 7 nitrogen and oxygen atoms in total. The van der Waals surface area contributed by atoms with Gasteiger partial charge < -0.3 is 10.1 Å². The molecule has 2 aliphatic heterocycles. The van der Waals surface area contributed by atoms with Crippen LogP contribution in [0.5, 0.6) is 0 Å². The molecule has 2 aliphatic carbocycles. The molecule has 8 unspecified atom stereocenters. The molecule has 1 aromatic heterocycles. The second-order valence-electron chi connectivity index (χ2n) is 8.73. The number of nitrogens with one attached hydrogen (secondary N) is 1. The zero-order valence-electron chi connectivity index (χ0n) is 15.8. The highest BCUT2D eigenvalue weighted by molar-refractivity contribution is 8.00. The van der Waals surface area contributed by atoms with Crippen molar-refractivity contribution in [2.75, 3.05) is 0 Å². The van der Waals surface area contributed by atoms with Gasteiger partial charge in [-0.25, -0.2) is 4.79 Å². The predicted molar refractivity (Wildman–Crippen MR) is 103 cm³/mol. The summed E-state index contributed by atoms with van der Waals surface area (Å²) in [5, 5.41) is 10.4. The van der Waals surface area contributed by atoms with Crippen LogP contribution in [0, 0.1) is 29.6 Å². The number of rotatable bonds is 3. The number of likely N-dealkylation sites (tertiary alicyclic amines) is 1. The van der Waals surface area contributed by atoms with E-state index in [0.29, 0.717) is 0 Å². The molecule has 9 heteroatoms. The van der Waals surface area contributed by atoms with Crippen LogP contribution in [0.2, 0.25) is 0 Å². The molecule has 2 bridgehead atoms. The fourth-order valence-electron chi connectivity index (χ4n) is 6.41. The Morgan fingerprint density at radius 2 is 1.93 bits per heavy atom. The van der Waals surface area contributed by atoms with Crippen LogP contribution in [-0.2, 0) is 19.8 Å². The van der Waals surface area contributed by atoms with Crippen LogP contribution >= 0.6 is 23.1 Å². The molecule has 3 heterocycles. The number of amides is 2. The van der Waals surface area contributed by atoms with Crippen molar-refractivity contribution in [3.05, 3.63) is 14.5 Å². The Morgan fingerprint density at radius 1 is 1.29 bits per heavy atom. The third-order valence-corrected chi connectivity index (χ3v) is 10.5. The first-order valence-corrected chi connectivity index (χ1v) is 11.4. The number of hydrogen-bond donors (Lipinski definition) is 2. The molecule has 150 valence electrons. The fraction of sp³-hybridized carbons (Fsp3) is 0.684. The van der Waals surface area contributed by atoms with Crippen molar-refractivity contribution in [1.29, 1.82) is 0 Å². The van der Waals surface area contributed by atoms with Crippen molar-refractivity contribution in [3.8, 4) is 0 Å². The number of thioether (sulfide) groups is 1. The summed E-state index contributed by atoms with van der Waals surface area (Å²) in [5.74, 6) is -2.29. The molecule has 0 radical (unpaired) electrons. The van der Waals surface area contributed by atoms with Gasteiger partial charge in [0.2, 0.25) is 11.8 Å². The Hall–Kier alpha value is -1.61. The molecule has 2 N–H and O–H groups in total. The third-order valence-electron chi connectivity index (χ3n) is 7.74. The van der Waals surface area contributed by atoms with Crippen molar-refractivity contribution in [2.45, 2.75) is 55.3 Å². The van der Waals surface area contributed by atoms with Crippen molar-refractivity contribution >= 4 is 40.9 Å². The summed E-state index contributed by atoms with van der Waals surface area (Å²) in [7, 11) is 0. The number of carboxylic acid groups (broad SMARTS) is 1. The van der Waals surface area contributed by atoms with E-state index in [1.54, 1.807) is 11.8 Å². The van der Waals surface area contributed by atoms with Crippen LogP contribution < -0.4 is 4.87 Å². The van der Waals surface area contributed by atoms with E-state index in [4.69, 9.17) is 0 Å². The van der Waals surface area contributed by atoms with Gasteiger partial charge in [0.05, 0.1) is 16.9 Å². The molecule has 1 saturated heterocycles. The molecular weight excluding hydrogens is 400 g/mol. The van der Waals surface area contributed by atoms with E-state index in [9.17, 15) is 24.3 Å². The number of imide groups is 1. The predicted octanol–water partition coefficient (Wildman–Crippen LogP) is 1.92. The van der Waals surface area contributed by atoms with Crippen LogP contribution in [0.25, 0.3) is 0 Å². The maximum Gasteiger partial charge on any atom is 0.326 e. The number of H-pyrrole nitrogens is 1. The number of aromatic amines is 1. The number of aromatic nitrogens is 1. The van der Waals surface area contributed by atoms with Crippen molar-refractivity contribution in [2.24, 2.45) is 29.6 Å². The first kappa shape index (κ1) is 18.4. The summed E-state index contributed by atoms with van der Waals surface area (Å²) < 4.78 is 0. The zero-order valence-corrected chi connectivity index (χ0v) is 17.4. The van der Waals surface area contributed by atoms with Gasteiger partial charge in [-0.1, -0.05) is 25.2 Å². The van der Waals surface area contributed by atoms with E-state index in [-0.39, 0.29) is 45.1 Å². The van der Waals surface area contributed by atoms with E-state index in [1.165, 1.54) is 18.3 Å². The van der Waals surface area contributed by atoms with E-state index in [2.05, 4.69) is 18.8 Å². The van der Waals surface area contributed by atoms with Gasteiger partial charge in [-0.3, -0.25) is 19.3 Å². The minimum absolute atomic E-state index is 0.0508. The molecule has 5 rings (SSSR count). The summed E-state index contributed by atoms with van der Waals surface area (Å²) in [4.78, 5) is 54.6. The maximum absolute atomic E-state index is 13.1. The lowest BCUT2D eigenvalue weighted by molar-refractivity contribution is -0.154. The van der Waals surface area contributed by atoms with Gasteiger partial charge in [0.25, 0.3) is 0 Å². The Balaban J connectivity index is 1.59. The largest absolute Gasteiger partial charge is 0.480 e. The number of carbonyl (C=O) groups excluding carboxylic acids is 2. The van der Waals surface area contributed by atoms with E-state index >= 15 is 0 Å². The molecule has 2 saturated carbocycles. The molecule has 0 spiro atoms. The summed E-state index contributed by atoms with van der Waals surface area (Å²) in [5.41, 5.74) is -0.214. The summed E-state index contributed by atoms with van der Waals surface area (Å²) in [6.07, 6.45) is 1.69. The summed E-state index contributed by atoms with van der Waals surface area (Å²) >= 11 is 2.92. The molecule has 8 atom stereocenters. The fourth-order valence-corrected chi connectivity index (χ4v) is 9.60. The normalized spacial score (nSPS) is 41.8. The molecule has 2 amide bonds. The number of nitrogens with zero attached hydrogens (tertiary/aromatic N) is 1. The molecule has 28 heavy (non-hydrogen) atoms. The van der Waals surface area contributed by atoms with Gasteiger partial charge in [0.1, 0.15) is 6.04 Å².